The molecule has 0 aromatic rings. The van der Waals surface area contributed by atoms with E-state index in [-0.39, 0.29) is 0 Å². The third-order valence-electron chi connectivity index (χ3n) is 6.03. The molecule has 4 aliphatic rings. The topological polar surface area (TPSA) is 0 Å². The van der Waals surface area contributed by atoms with Gasteiger partial charge in [-0.05, 0) is 101 Å². The van der Waals surface area contributed by atoms with Crippen LogP contribution in [-0.2, 0) is 0 Å². The van der Waals surface area contributed by atoms with E-state index in [0.717, 1.165) is 29.6 Å². The average molecular weight is 378 g/mol. The van der Waals surface area contributed by atoms with Gasteiger partial charge in [0, 0.05) is 3.58 Å². The van der Waals surface area contributed by atoms with Gasteiger partial charge in [0.15, 0.2) is 0 Å². The fraction of sp³-hybridized carbons (Fsp3) is 0.579. The lowest BCUT2D eigenvalue weighted by molar-refractivity contribution is -0.0454. The average Bonchev–Trinajstić information content (AvgIpc) is 2.52. The molecule has 0 aromatic carbocycles. The minimum absolute atomic E-state index is 0.860. The maximum atomic E-state index is 2.51. The van der Waals surface area contributed by atoms with Crippen molar-refractivity contribution in [2.75, 3.05) is 0 Å². The van der Waals surface area contributed by atoms with Gasteiger partial charge in [-0.15, -0.1) is 0 Å². The van der Waals surface area contributed by atoms with Gasteiger partial charge in [-0.1, -0.05) is 31.6 Å². The van der Waals surface area contributed by atoms with E-state index < -0.39 is 0 Å². The van der Waals surface area contributed by atoms with Gasteiger partial charge < -0.3 is 0 Å². The summed E-state index contributed by atoms with van der Waals surface area (Å²) in [4.78, 5) is 0. The van der Waals surface area contributed by atoms with Crippen LogP contribution in [-0.4, -0.2) is 0 Å². The van der Waals surface area contributed by atoms with Crippen molar-refractivity contribution in [3.63, 3.8) is 0 Å². The number of rotatable bonds is 3. The van der Waals surface area contributed by atoms with Crippen LogP contribution in [0, 0.1) is 29.6 Å². The number of allylic oxidation sites excluding steroid dienone is 8. The summed E-state index contributed by atoms with van der Waals surface area (Å²) in [6, 6.07) is 0. The molecule has 4 aliphatic carbocycles. The standard InChI is InChI=1S/C19H23I/c1-2-4-12-5-3-6-13(9-16(20)7-12)17-10-14-8-15-11-18(17)19(14)15/h3,5-7,9,14-15,17-19H,2,4,8,10-11H2,1H3. The third kappa shape index (κ3) is 2.08. The van der Waals surface area contributed by atoms with Gasteiger partial charge in [0.25, 0.3) is 0 Å². The molecule has 0 aliphatic heterocycles. The molecule has 3 fully saturated rings. The van der Waals surface area contributed by atoms with E-state index in [1.165, 1.54) is 34.8 Å². The second kappa shape index (κ2) is 5.15. The molecule has 106 valence electrons. The van der Waals surface area contributed by atoms with Crippen molar-refractivity contribution >= 4 is 22.6 Å². The Kier molecular flexibility index (Phi) is 3.44. The second-order valence-electron chi connectivity index (χ2n) is 7.10. The van der Waals surface area contributed by atoms with E-state index in [1.54, 1.807) is 12.0 Å². The van der Waals surface area contributed by atoms with Crippen LogP contribution in [0.25, 0.3) is 0 Å². The molecule has 20 heavy (non-hydrogen) atoms. The molecule has 0 bridgehead atoms. The molecule has 0 amide bonds. The number of hydrogen-bond acceptors (Lipinski definition) is 0. The molecular formula is C19H23I. The van der Waals surface area contributed by atoms with E-state index in [0.29, 0.717) is 0 Å². The van der Waals surface area contributed by atoms with Crippen LogP contribution in [0.4, 0.5) is 0 Å². The van der Waals surface area contributed by atoms with Gasteiger partial charge in [-0.3, -0.25) is 0 Å². The fourth-order valence-electron chi connectivity index (χ4n) is 5.16. The Labute approximate surface area is 136 Å². The predicted molar refractivity (Wildman–Crippen MR) is 93.6 cm³/mol. The van der Waals surface area contributed by atoms with Gasteiger partial charge in [-0.2, -0.15) is 0 Å². The summed E-state index contributed by atoms with van der Waals surface area (Å²) in [5, 5.41) is 0. The van der Waals surface area contributed by atoms with Crippen LogP contribution in [0.15, 0.2) is 45.1 Å². The van der Waals surface area contributed by atoms with Gasteiger partial charge in [-0.25, -0.2) is 0 Å². The second-order valence-corrected chi connectivity index (χ2v) is 8.34. The molecule has 1 heteroatoms. The van der Waals surface area contributed by atoms with Crippen LogP contribution < -0.4 is 0 Å². The molecule has 5 atom stereocenters. The highest BCUT2D eigenvalue weighted by molar-refractivity contribution is 14.1. The molecule has 0 spiro atoms. The fourth-order valence-corrected chi connectivity index (χ4v) is 5.92. The summed E-state index contributed by atoms with van der Waals surface area (Å²) in [6.45, 7) is 2.26. The molecule has 4 rings (SSSR count). The van der Waals surface area contributed by atoms with E-state index in [4.69, 9.17) is 0 Å². The summed E-state index contributed by atoms with van der Waals surface area (Å²) in [6.07, 6.45) is 18.8. The highest BCUT2D eigenvalue weighted by Crippen LogP contribution is 2.68. The summed E-state index contributed by atoms with van der Waals surface area (Å²) in [7, 11) is 0. The van der Waals surface area contributed by atoms with Crippen molar-refractivity contribution in [3.05, 3.63) is 45.1 Å². The smallest absolute Gasteiger partial charge is 0.0135 e. The molecule has 0 radical (unpaired) electrons. The lowest BCUT2D eigenvalue weighted by Gasteiger charge is -2.54. The largest absolute Gasteiger partial charge is 0.0651 e. The van der Waals surface area contributed by atoms with Crippen LogP contribution in [0.5, 0.6) is 0 Å². The minimum Gasteiger partial charge on any atom is -0.0651 e. The lowest BCUT2D eigenvalue weighted by Crippen LogP contribution is -2.47. The van der Waals surface area contributed by atoms with Crippen LogP contribution in [0.1, 0.15) is 39.0 Å². The third-order valence-corrected chi connectivity index (χ3v) is 6.65. The van der Waals surface area contributed by atoms with Crippen molar-refractivity contribution in [3.8, 4) is 0 Å². The van der Waals surface area contributed by atoms with Crippen molar-refractivity contribution in [1.82, 2.24) is 0 Å². The quantitative estimate of drug-likeness (QED) is 0.543. The van der Waals surface area contributed by atoms with E-state index in [1.807, 2.05) is 0 Å². The summed E-state index contributed by atoms with van der Waals surface area (Å²) < 4.78 is 1.41. The van der Waals surface area contributed by atoms with E-state index >= 15 is 0 Å². The Bertz CT molecular complexity index is 534. The van der Waals surface area contributed by atoms with Crippen LogP contribution >= 0.6 is 22.6 Å². The van der Waals surface area contributed by atoms with Crippen molar-refractivity contribution in [2.24, 2.45) is 29.6 Å². The molecule has 0 N–H and O–H groups in total. The van der Waals surface area contributed by atoms with Crippen molar-refractivity contribution < 1.29 is 0 Å². The zero-order chi connectivity index (χ0) is 13.7. The first-order chi connectivity index (χ1) is 9.76. The summed E-state index contributed by atoms with van der Waals surface area (Å²) >= 11 is 2.51. The van der Waals surface area contributed by atoms with Gasteiger partial charge in [0.05, 0.1) is 0 Å². The molecule has 3 saturated carbocycles. The van der Waals surface area contributed by atoms with Gasteiger partial charge >= 0.3 is 0 Å². The Balaban J connectivity index is 1.56. The summed E-state index contributed by atoms with van der Waals surface area (Å²) in [5.74, 6) is 5.21. The predicted octanol–water partition coefficient (Wildman–Crippen LogP) is 5.82. The zero-order valence-electron chi connectivity index (χ0n) is 12.2. The van der Waals surface area contributed by atoms with E-state index in [9.17, 15) is 0 Å². The molecule has 0 heterocycles. The Morgan fingerprint density at radius 3 is 2.75 bits per heavy atom. The van der Waals surface area contributed by atoms with Gasteiger partial charge in [0.1, 0.15) is 0 Å². The zero-order valence-corrected chi connectivity index (χ0v) is 14.3. The Morgan fingerprint density at radius 2 is 2.00 bits per heavy atom. The van der Waals surface area contributed by atoms with E-state index in [2.05, 4.69) is 59.9 Å². The first-order valence-electron chi connectivity index (χ1n) is 8.22. The first-order valence-corrected chi connectivity index (χ1v) is 9.30. The number of hydrogen-bond donors (Lipinski definition) is 0. The monoisotopic (exact) mass is 378 g/mol. The molecule has 0 aromatic heterocycles. The molecular weight excluding hydrogens is 355 g/mol. The van der Waals surface area contributed by atoms with Crippen molar-refractivity contribution in [1.29, 1.82) is 0 Å². The van der Waals surface area contributed by atoms with Crippen LogP contribution in [0.2, 0.25) is 0 Å². The highest BCUT2D eigenvalue weighted by atomic mass is 127. The normalized spacial score (nSPS) is 41.5. The van der Waals surface area contributed by atoms with Crippen LogP contribution in [0.3, 0.4) is 0 Å². The molecule has 5 unspecified atom stereocenters. The SMILES string of the molecule is CCCC1=CC=CC(C2CC3CC4CC2C34)=CC(I)=C1. The first kappa shape index (κ1) is 13.4. The molecule has 0 nitrogen and oxygen atoms in total. The maximum Gasteiger partial charge on any atom is 0.0135 e. The minimum atomic E-state index is 0.860. The Hall–Kier alpha value is -0.310. The lowest BCUT2D eigenvalue weighted by atomic mass is 9.51. The van der Waals surface area contributed by atoms with Gasteiger partial charge in [0.2, 0.25) is 0 Å². The molecule has 0 saturated heterocycles. The maximum absolute atomic E-state index is 2.51. The highest BCUT2D eigenvalue weighted by Gasteiger charge is 2.61. The Morgan fingerprint density at radius 1 is 1.15 bits per heavy atom. The number of halogens is 1. The van der Waals surface area contributed by atoms with Crippen molar-refractivity contribution in [2.45, 2.75) is 39.0 Å². The summed E-state index contributed by atoms with van der Waals surface area (Å²) in [5.41, 5.74) is 3.08.